The quantitative estimate of drug-likeness (QED) is 0.776. The first-order valence-corrected chi connectivity index (χ1v) is 7.76. The highest BCUT2D eigenvalue weighted by Gasteiger charge is 2.16. The Balaban J connectivity index is 2.36. The first-order valence-electron chi connectivity index (χ1n) is 7.76. The van der Waals surface area contributed by atoms with Gasteiger partial charge in [-0.25, -0.2) is 4.79 Å². The summed E-state index contributed by atoms with van der Waals surface area (Å²) in [5, 5.41) is 5.47. The highest BCUT2D eigenvalue weighted by atomic mass is 16.5. The molecule has 1 aromatic rings. The number of amides is 2. The monoisotopic (exact) mass is 306 g/mol. The summed E-state index contributed by atoms with van der Waals surface area (Å²) in [5.41, 5.74) is 1.22. The molecule has 1 atom stereocenters. The van der Waals surface area contributed by atoms with Crippen LogP contribution >= 0.6 is 0 Å². The van der Waals surface area contributed by atoms with Crippen molar-refractivity contribution in [2.24, 2.45) is 5.92 Å². The second kappa shape index (κ2) is 9.82. The lowest BCUT2D eigenvalue weighted by molar-refractivity contribution is -0.121. The van der Waals surface area contributed by atoms with E-state index in [9.17, 15) is 9.59 Å². The van der Waals surface area contributed by atoms with Crippen LogP contribution in [0.4, 0.5) is 4.79 Å². The lowest BCUT2D eigenvalue weighted by atomic mass is 9.88. The number of alkyl carbamates (subject to hydrolysis) is 1. The summed E-state index contributed by atoms with van der Waals surface area (Å²) in [6.07, 6.45) is -0.238. The Morgan fingerprint density at radius 2 is 1.82 bits per heavy atom. The second-order valence-electron chi connectivity index (χ2n) is 5.46. The molecule has 0 heterocycles. The van der Waals surface area contributed by atoms with Crippen molar-refractivity contribution in [3.63, 3.8) is 0 Å². The average molecular weight is 306 g/mol. The van der Waals surface area contributed by atoms with Gasteiger partial charge in [0, 0.05) is 25.4 Å². The summed E-state index contributed by atoms with van der Waals surface area (Å²) < 4.78 is 4.73. The van der Waals surface area contributed by atoms with E-state index in [4.69, 9.17) is 4.74 Å². The third-order valence-electron chi connectivity index (χ3n) is 3.45. The molecule has 0 bridgehead atoms. The standard InChI is InChI=1S/C17H26N2O3/c1-4-22-17(21)18-11-10-16(20)19-12-15(13(2)3)14-8-6-5-7-9-14/h5-9,13,15H,4,10-12H2,1-3H3,(H,18,21)(H,19,20). The van der Waals surface area contributed by atoms with Gasteiger partial charge in [-0.3, -0.25) is 4.79 Å². The zero-order chi connectivity index (χ0) is 16.4. The highest BCUT2D eigenvalue weighted by molar-refractivity contribution is 5.77. The normalized spacial score (nSPS) is 11.8. The first-order chi connectivity index (χ1) is 10.5. The van der Waals surface area contributed by atoms with Crippen LogP contribution in [0.5, 0.6) is 0 Å². The van der Waals surface area contributed by atoms with E-state index in [2.05, 4.69) is 36.6 Å². The van der Waals surface area contributed by atoms with Crippen molar-refractivity contribution in [1.82, 2.24) is 10.6 Å². The van der Waals surface area contributed by atoms with Crippen LogP contribution < -0.4 is 10.6 Å². The number of ether oxygens (including phenoxy) is 1. The summed E-state index contributed by atoms with van der Waals surface area (Å²) in [7, 11) is 0. The maximum absolute atomic E-state index is 11.8. The molecule has 2 amide bonds. The van der Waals surface area contributed by atoms with Gasteiger partial charge in [-0.05, 0) is 18.4 Å². The zero-order valence-corrected chi connectivity index (χ0v) is 13.6. The molecule has 1 unspecified atom stereocenters. The summed E-state index contributed by atoms with van der Waals surface area (Å²) in [5.74, 6) is 0.641. The van der Waals surface area contributed by atoms with Crippen molar-refractivity contribution in [2.45, 2.75) is 33.1 Å². The minimum absolute atomic E-state index is 0.0709. The molecular weight excluding hydrogens is 280 g/mol. The molecule has 1 aromatic carbocycles. The molecule has 0 spiro atoms. The van der Waals surface area contributed by atoms with Gasteiger partial charge >= 0.3 is 6.09 Å². The largest absolute Gasteiger partial charge is 0.450 e. The maximum Gasteiger partial charge on any atom is 0.407 e. The summed E-state index contributed by atoms with van der Waals surface area (Å²) >= 11 is 0. The Morgan fingerprint density at radius 1 is 1.14 bits per heavy atom. The molecule has 0 aliphatic rings. The van der Waals surface area contributed by atoms with Gasteiger partial charge in [0.25, 0.3) is 0 Å². The molecule has 0 aliphatic carbocycles. The molecule has 22 heavy (non-hydrogen) atoms. The molecule has 0 fully saturated rings. The van der Waals surface area contributed by atoms with Crippen molar-refractivity contribution >= 4 is 12.0 Å². The van der Waals surface area contributed by atoms with Gasteiger partial charge in [-0.1, -0.05) is 44.2 Å². The van der Waals surface area contributed by atoms with E-state index in [1.54, 1.807) is 6.92 Å². The summed E-state index contributed by atoms with van der Waals surface area (Å²) in [6.45, 7) is 7.23. The van der Waals surface area contributed by atoms with Crippen LogP contribution in [0.3, 0.4) is 0 Å². The van der Waals surface area contributed by atoms with Crippen molar-refractivity contribution in [2.75, 3.05) is 19.7 Å². The molecule has 0 aromatic heterocycles. The molecule has 5 heteroatoms. The van der Waals surface area contributed by atoms with Crippen molar-refractivity contribution in [3.8, 4) is 0 Å². The number of hydrogen-bond acceptors (Lipinski definition) is 3. The van der Waals surface area contributed by atoms with Gasteiger partial charge in [0.2, 0.25) is 5.91 Å². The third-order valence-corrected chi connectivity index (χ3v) is 3.45. The van der Waals surface area contributed by atoms with E-state index in [-0.39, 0.29) is 24.8 Å². The van der Waals surface area contributed by atoms with Gasteiger partial charge in [-0.15, -0.1) is 0 Å². The molecule has 0 saturated carbocycles. The molecular formula is C17H26N2O3. The number of hydrogen-bond donors (Lipinski definition) is 2. The minimum Gasteiger partial charge on any atom is -0.450 e. The summed E-state index contributed by atoms with van der Waals surface area (Å²) in [4.78, 5) is 22.9. The number of carbonyl (C=O) groups excluding carboxylic acids is 2. The molecule has 1 rings (SSSR count). The molecule has 5 nitrogen and oxygen atoms in total. The average Bonchev–Trinajstić information content (AvgIpc) is 2.48. The highest BCUT2D eigenvalue weighted by Crippen LogP contribution is 2.23. The van der Waals surface area contributed by atoms with Crippen molar-refractivity contribution in [1.29, 1.82) is 0 Å². The van der Waals surface area contributed by atoms with Crippen LogP contribution in [0.2, 0.25) is 0 Å². The topological polar surface area (TPSA) is 67.4 Å². The van der Waals surface area contributed by atoms with Crippen LogP contribution in [0.15, 0.2) is 30.3 Å². The summed E-state index contributed by atoms with van der Waals surface area (Å²) in [6, 6.07) is 10.2. The van der Waals surface area contributed by atoms with Gasteiger partial charge in [-0.2, -0.15) is 0 Å². The van der Waals surface area contributed by atoms with Crippen LogP contribution in [0.1, 0.15) is 38.7 Å². The van der Waals surface area contributed by atoms with E-state index in [0.29, 0.717) is 19.1 Å². The fourth-order valence-corrected chi connectivity index (χ4v) is 2.21. The van der Waals surface area contributed by atoms with Gasteiger partial charge < -0.3 is 15.4 Å². The van der Waals surface area contributed by atoms with Gasteiger partial charge in [0.1, 0.15) is 0 Å². The lowest BCUT2D eigenvalue weighted by Crippen LogP contribution is -2.34. The molecule has 2 N–H and O–H groups in total. The minimum atomic E-state index is -0.486. The van der Waals surface area contributed by atoms with Gasteiger partial charge in [0.15, 0.2) is 0 Å². The van der Waals surface area contributed by atoms with Crippen molar-refractivity contribution in [3.05, 3.63) is 35.9 Å². The molecule has 122 valence electrons. The predicted octanol–water partition coefficient (Wildman–Crippen LogP) is 2.68. The smallest absolute Gasteiger partial charge is 0.407 e. The van der Waals surface area contributed by atoms with Crippen LogP contribution in [0, 0.1) is 5.92 Å². The Morgan fingerprint density at radius 3 is 2.41 bits per heavy atom. The van der Waals surface area contributed by atoms with Crippen molar-refractivity contribution < 1.29 is 14.3 Å². The third kappa shape index (κ3) is 6.61. The fourth-order valence-electron chi connectivity index (χ4n) is 2.21. The van der Waals surface area contributed by atoms with Crippen LogP contribution in [-0.4, -0.2) is 31.7 Å². The first kappa shape index (κ1) is 18.0. The van der Waals surface area contributed by atoms with Crippen LogP contribution in [0.25, 0.3) is 0 Å². The molecule has 0 saturated heterocycles. The number of rotatable bonds is 8. The van der Waals surface area contributed by atoms with Crippen LogP contribution in [-0.2, 0) is 9.53 Å². The van der Waals surface area contributed by atoms with Gasteiger partial charge in [0.05, 0.1) is 6.61 Å². The Kier molecular flexibility index (Phi) is 8.04. The Hall–Kier alpha value is -2.04. The van der Waals surface area contributed by atoms with E-state index < -0.39 is 6.09 Å². The second-order valence-corrected chi connectivity index (χ2v) is 5.46. The van der Waals surface area contributed by atoms with E-state index >= 15 is 0 Å². The number of nitrogens with one attached hydrogen (secondary N) is 2. The number of carbonyl (C=O) groups is 2. The molecule has 0 aliphatic heterocycles. The lowest BCUT2D eigenvalue weighted by Gasteiger charge is -2.22. The predicted molar refractivity (Wildman–Crippen MR) is 86.7 cm³/mol. The maximum atomic E-state index is 11.8. The number of benzene rings is 1. The fraction of sp³-hybridized carbons (Fsp3) is 0.529. The zero-order valence-electron chi connectivity index (χ0n) is 13.6. The molecule has 0 radical (unpaired) electrons. The van der Waals surface area contributed by atoms with E-state index in [0.717, 1.165) is 0 Å². The van der Waals surface area contributed by atoms with E-state index in [1.807, 2.05) is 18.2 Å². The SMILES string of the molecule is CCOC(=O)NCCC(=O)NCC(c1ccccc1)C(C)C. The Labute approximate surface area is 132 Å². The van der Waals surface area contributed by atoms with E-state index in [1.165, 1.54) is 5.56 Å². The Bertz CT molecular complexity index is 460.